The van der Waals surface area contributed by atoms with Crippen LogP contribution in [0.1, 0.15) is 53.4 Å². The maximum atomic E-state index is 11.8. The second-order valence-corrected chi connectivity index (χ2v) is 6.78. The third-order valence-corrected chi connectivity index (χ3v) is 5.37. The highest BCUT2D eigenvalue weighted by Gasteiger charge is 2.53. The molecule has 0 spiro atoms. The van der Waals surface area contributed by atoms with E-state index < -0.39 is 5.60 Å². The number of fused-ring (bicyclic) bond motifs is 1. The molecule has 2 saturated carbocycles. The summed E-state index contributed by atoms with van der Waals surface area (Å²) >= 11 is 0. The van der Waals surface area contributed by atoms with E-state index in [9.17, 15) is 9.90 Å². The summed E-state index contributed by atoms with van der Waals surface area (Å²) in [5.74, 6) is 2.56. The van der Waals surface area contributed by atoms with E-state index in [1.165, 1.54) is 0 Å². The minimum absolute atomic E-state index is 0.208. The highest BCUT2D eigenvalue weighted by Crippen LogP contribution is 2.54. The van der Waals surface area contributed by atoms with Gasteiger partial charge in [0, 0.05) is 5.92 Å². The van der Waals surface area contributed by atoms with Gasteiger partial charge < -0.3 is 5.11 Å². The number of hydrogen-bond donors (Lipinski definition) is 1. The second kappa shape index (κ2) is 4.38. The summed E-state index contributed by atoms with van der Waals surface area (Å²) < 4.78 is 0. The second-order valence-electron chi connectivity index (χ2n) is 6.78. The molecule has 2 aliphatic rings. The van der Waals surface area contributed by atoms with Gasteiger partial charge in [0.25, 0.3) is 0 Å². The largest absolute Gasteiger partial charge is 0.390 e. The molecule has 0 bridgehead atoms. The van der Waals surface area contributed by atoms with Crippen molar-refractivity contribution in [1.82, 2.24) is 0 Å². The fraction of sp³-hybridized carbons (Fsp3) is 0.933. The van der Waals surface area contributed by atoms with Crippen molar-refractivity contribution in [2.24, 2.45) is 29.6 Å². The summed E-state index contributed by atoms with van der Waals surface area (Å²) in [5.41, 5.74) is -0.541. The summed E-state index contributed by atoms with van der Waals surface area (Å²) in [6, 6.07) is 0. The average Bonchev–Trinajstić information content (AvgIpc) is 2.62. The van der Waals surface area contributed by atoms with Gasteiger partial charge in [-0.1, -0.05) is 13.8 Å². The van der Waals surface area contributed by atoms with Gasteiger partial charge in [-0.15, -0.1) is 0 Å². The van der Waals surface area contributed by atoms with E-state index in [0.717, 1.165) is 25.7 Å². The molecule has 2 nitrogen and oxygen atoms in total. The van der Waals surface area contributed by atoms with Crippen molar-refractivity contribution < 1.29 is 9.90 Å². The van der Waals surface area contributed by atoms with Crippen LogP contribution in [0.3, 0.4) is 0 Å². The number of hydrogen-bond acceptors (Lipinski definition) is 2. The molecule has 0 aromatic carbocycles. The van der Waals surface area contributed by atoms with Crippen LogP contribution in [0.5, 0.6) is 0 Å². The van der Waals surface area contributed by atoms with E-state index in [0.29, 0.717) is 29.5 Å². The molecule has 0 amide bonds. The Bertz CT molecular complexity index is 306. The van der Waals surface area contributed by atoms with Crippen molar-refractivity contribution in [3.63, 3.8) is 0 Å². The minimum Gasteiger partial charge on any atom is -0.390 e. The Balaban J connectivity index is 2.28. The van der Waals surface area contributed by atoms with Crippen LogP contribution in [0.25, 0.3) is 0 Å². The lowest BCUT2D eigenvalue weighted by molar-refractivity contribution is -0.127. The molecule has 0 aromatic rings. The van der Waals surface area contributed by atoms with Gasteiger partial charge in [0.1, 0.15) is 5.78 Å². The van der Waals surface area contributed by atoms with E-state index in [-0.39, 0.29) is 5.92 Å². The van der Waals surface area contributed by atoms with Crippen molar-refractivity contribution in [3.05, 3.63) is 0 Å². The normalized spacial score (nSPS) is 46.0. The lowest BCUT2D eigenvalue weighted by Gasteiger charge is -2.46. The average molecular weight is 238 g/mol. The van der Waals surface area contributed by atoms with Crippen LogP contribution < -0.4 is 0 Å². The first kappa shape index (κ1) is 13.1. The summed E-state index contributed by atoms with van der Waals surface area (Å²) in [4.78, 5) is 11.8. The number of aliphatic hydroxyl groups is 1. The third-order valence-electron chi connectivity index (χ3n) is 5.37. The van der Waals surface area contributed by atoms with Crippen LogP contribution >= 0.6 is 0 Å². The first-order chi connectivity index (χ1) is 7.84. The predicted molar refractivity (Wildman–Crippen MR) is 68.6 cm³/mol. The van der Waals surface area contributed by atoms with Crippen molar-refractivity contribution in [3.8, 4) is 0 Å². The molecule has 1 N–H and O–H groups in total. The molecule has 0 aliphatic heterocycles. The smallest absolute Gasteiger partial charge is 0.133 e. The standard InChI is InChI=1S/C15H26O2/c1-9(2)11-7-8-15(4,17)13-6-5-12(10(3)16)14(11)13/h9,11-14,17H,5-8H2,1-4H3/t11-,12+,13+,14+,15+/m0/s1. The summed E-state index contributed by atoms with van der Waals surface area (Å²) in [7, 11) is 0. The quantitative estimate of drug-likeness (QED) is 0.803. The van der Waals surface area contributed by atoms with E-state index in [1.807, 2.05) is 6.92 Å². The predicted octanol–water partition coefficient (Wildman–Crippen LogP) is 3.03. The Morgan fingerprint density at radius 2 is 1.94 bits per heavy atom. The van der Waals surface area contributed by atoms with Crippen LogP contribution in [-0.2, 0) is 4.79 Å². The topological polar surface area (TPSA) is 37.3 Å². The molecule has 2 aliphatic carbocycles. The van der Waals surface area contributed by atoms with Gasteiger partial charge in [-0.05, 0) is 63.2 Å². The Hall–Kier alpha value is -0.370. The maximum absolute atomic E-state index is 11.8. The summed E-state index contributed by atoms with van der Waals surface area (Å²) in [5, 5.41) is 10.5. The SMILES string of the molecule is CC(=O)[C@H]1CC[C@@H]2[C@@H]1[C@H](C(C)C)CC[C@@]2(C)O. The molecule has 0 saturated heterocycles. The molecule has 0 radical (unpaired) electrons. The fourth-order valence-corrected chi connectivity index (χ4v) is 4.44. The van der Waals surface area contributed by atoms with Crippen LogP contribution in [0.15, 0.2) is 0 Å². The highest BCUT2D eigenvalue weighted by atomic mass is 16.3. The molecule has 98 valence electrons. The zero-order valence-corrected chi connectivity index (χ0v) is 11.6. The van der Waals surface area contributed by atoms with Gasteiger partial charge in [-0.2, -0.15) is 0 Å². The Kier molecular flexibility index (Phi) is 3.37. The van der Waals surface area contributed by atoms with Gasteiger partial charge in [0.2, 0.25) is 0 Å². The summed E-state index contributed by atoms with van der Waals surface area (Å²) in [6.45, 7) is 8.23. The first-order valence-electron chi connectivity index (χ1n) is 7.07. The zero-order valence-electron chi connectivity index (χ0n) is 11.6. The van der Waals surface area contributed by atoms with Crippen LogP contribution in [0.4, 0.5) is 0 Å². The van der Waals surface area contributed by atoms with Crippen molar-refractivity contribution >= 4 is 5.78 Å². The Morgan fingerprint density at radius 3 is 2.47 bits per heavy atom. The maximum Gasteiger partial charge on any atom is 0.133 e. The minimum atomic E-state index is -0.541. The van der Waals surface area contributed by atoms with Gasteiger partial charge in [0.05, 0.1) is 5.60 Å². The Labute approximate surface area is 105 Å². The van der Waals surface area contributed by atoms with E-state index in [4.69, 9.17) is 0 Å². The molecule has 0 unspecified atom stereocenters. The van der Waals surface area contributed by atoms with Gasteiger partial charge in [0.15, 0.2) is 0 Å². The molecule has 0 heterocycles. The number of rotatable bonds is 2. The van der Waals surface area contributed by atoms with E-state index >= 15 is 0 Å². The zero-order chi connectivity index (χ0) is 12.8. The number of ketones is 1. The van der Waals surface area contributed by atoms with E-state index in [2.05, 4.69) is 13.8 Å². The molecule has 17 heavy (non-hydrogen) atoms. The van der Waals surface area contributed by atoms with Crippen molar-refractivity contribution in [1.29, 1.82) is 0 Å². The number of carbonyl (C=O) groups excluding carboxylic acids is 1. The van der Waals surface area contributed by atoms with E-state index in [1.54, 1.807) is 6.92 Å². The van der Waals surface area contributed by atoms with Crippen LogP contribution in [0.2, 0.25) is 0 Å². The molecule has 2 fully saturated rings. The van der Waals surface area contributed by atoms with Crippen LogP contribution in [-0.4, -0.2) is 16.5 Å². The lowest BCUT2D eigenvalue weighted by atomic mass is 9.61. The summed E-state index contributed by atoms with van der Waals surface area (Å²) in [6.07, 6.45) is 4.01. The third kappa shape index (κ3) is 2.16. The molecule has 2 rings (SSSR count). The number of Topliss-reactive ketones (excluding diaryl/α,β-unsaturated/α-hetero) is 1. The van der Waals surface area contributed by atoms with Crippen molar-refractivity contribution in [2.75, 3.05) is 0 Å². The first-order valence-corrected chi connectivity index (χ1v) is 7.07. The molecular formula is C15H26O2. The molecule has 5 atom stereocenters. The van der Waals surface area contributed by atoms with Crippen molar-refractivity contribution in [2.45, 2.75) is 59.0 Å². The molecule has 0 aromatic heterocycles. The Morgan fingerprint density at radius 1 is 1.29 bits per heavy atom. The van der Waals surface area contributed by atoms with Crippen LogP contribution in [0, 0.1) is 29.6 Å². The monoisotopic (exact) mass is 238 g/mol. The number of carbonyl (C=O) groups is 1. The van der Waals surface area contributed by atoms with Gasteiger partial charge in [-0.3, -0.25) is 4.79 Å². The van der Waals surface area contributed by atoms with Gasteiger partial charge >= 0.3 is 0 Å². The van der Waals surface area contributed by atoms with Gasteiger partial charge in [-0.25, -0.2) is 0 Å². The lowest BCUT2D eigenvalue weighted by Crippen LogP contribution is -2.47. The molecule has 2 heteroatoms. The fourth-order valence-electron chi connectivity index (χ4n) is 4.44. The molecular weight excluding hydrogens is 212 g/mol. The highest BCUT2D eigenvalue weighted by molar-refractivity contribution is 5.79.